The Balaban J connectivity index is 1.36. The number of nitrogens with zero attached hydrogens (tertiary/aromatic N) is 1. The average molecular weight is 729 g/mol. The van der Waals surface area contributed by atoms with Crippen LogP contribution in [0.1, 0.15) is 42.4 Å². The maximum Gasteiger partial charge on any atom is 0.238 e. The van der Waals surface area contributed by atoms with Crippen molar-refractivity contribution in [2.45, 2.75) is 31.1 Å². The predicted octanol–water partition coefficient (Wildman–Crippen LogP) is 7.58. The van der Waals surface area contributed by atoms with Crippen molar-refractivity contribution in [1.82, 2.24) is 0 Å². The van der Waals surface area contributed by atoms with Gasteiger partial charge in [0.2, 0.25) is 11.8 Å². The van der Waals surface area contributed by atoms with Gasteiger partial charge in [-0.15, -0.1) is 0 Å². The SMILES string of the molecule is CCOc1cc([C@H]2C3=CC[C@@H]4C(=O)N(c5ccc(Br)cc5)C(=O)[C@@H]4[C@@H]3C[C@H]3C(=O)C(c4ccccc4)=CC(=O)[C@@]23c2ccccc2)ccc1O. The quantitative estimate of drug-likeness (QED) is 0.162. The standard InChI is InChI=1S/C42H34BrNO6/c1-2-50-35-21-25(13-20-34(35)45)38-29-18-19-30-37(41(49)44(40(30)48)28-16-14-27(43)15-17-28)32(29)22-33-39(47)31(24-9-5-3-6-10-24)23-36(46)42(33,38)26-11-7-4-8-12-26/h3-18,20-21,23,30,32-33,37-38,45H,2,19,22H2,1H3/t30-,32+,33-,37-,38-,42-/m0/s1. The summed E-state index contributed by atoms with van der Waals surface area (Å²) in [4.78, 5) is 60.0. The van der Waals surface area contributed by atoms with Crippen LogP contribution in [0.5, 0.6) is 11.5 Å². The van der Waals surface area contributed by atoms with Gasteiger partial charge in [0.15, 0.2) is 23.1 Å². The molecule has 50 heavy (non-hydrogen) atoms. The van der Waals surface area contributed by atoms with Crippen molar-refractivity contribution in [2.75, 3.05) is 11.5 Å². The summed E-state index contributed by atoms with van der Waals surface area (Å²) in [7, 11) is 0. The molecule has 1 N–H and O–H groups in total. The van der Waals surface area contributed by atoms with Crippen molar-refractivity contribution in [1.29, 1.82) is 0 Å². The zero-order chi connectivity index (χ0) is 34.7. The highest BCUT2D eigenvalue weighted by Crippen LogP contribution is 2.64. The number of allylic oxidation sites excluding steroid dienone is 4. The summed E-state index contributed by atoms with van der Waals surface area (Å²) in [6, 6.07) is 30.9. The molecule has 250 valence electrons. The van der Waals surface area contributed by atoms with Crippen LogP contribution >= 0.6 is 15.9 Å². The molecule has 0 radical (unpaired) electrons. The molecular weight excluding hydrogens is 694 g/mol. The van der Waals surface area contributed by atoms with Crippen molar-refractivity contribution in [2.24, 2.45) is 23.7 Å². The van der Waals surface area contributed by atoms with Gasteiger partial charge in [0, 0.05) is 21.9 Å². The van der Waals surface area contributed by atoms with E-state index in [-0.39, 0.29) is 41.3 Å². The van der Waals surface area contributed by atoms with Crippen molar-refractivity contribution >= 4 is 50.6 Å². The fourth-order valence-corrected chi connectivity index (χ4v) is 9.34. The van der Waals surface area contributed by atoms with Crippen molar-refractivity contribution in [3.63, 3.8) is 0 Å². The fraction of sp³-hybridized carbons (Fsp3) is 0.238. The minimum Gasteiger partial charge on any atom is -0.504 e. The Morgan fingerprint density at radius 1 is 0.860 bits per heavy atom. The molecule has 1 saturated carbocycles. The highest BCUT2D eigenvalue weighted by atomic mass is 79.9. The van der Waals surface area contributed by atoms with Gasteiger partial charge in [-0.05, 0) is 84.8 Å². The summed E-state index contributed by atoms with van der Waals surface area (Å²) < 4.78 is 6.66. The average Bonchev–Trinajstić information content (AvgIpc) is 3.40. The summed E-state index contributed by atoms with van der Waals surface area (Å²) in [6.45, 7) is 2.14. The minimum absolute atomic E-state index is 0.0371. The molecule has 0 spiro atoms. The molecule has 2 fully saturated rings. The Bertz CT molecular complexity index is 2110. The Morgan fingerprint density at radius 3 is 2.26 bits per heavy atom. The third-order valence-electron chi connectivity index (χ3n) is 11.1. The molecule has 0 bridgehead atoms. The number of aromatic hydroxyl groups is 1. The van der Waals surface area contributed by atoms with Crippen LogP contribution in [0.2, 0.25) is 0 Å². The zero-order valence-corrected chi connectivity index (χ0v) is 28.9. The smallest absolute Gasteiger partial charge is 0.238 e. The van der Waals surface area contributed by atoms with Crippen LogP contribution in [-0.2, 0) is 24.6 Å². The molecule has 4 aromatic rings. The summed E-state index contributed by atoms with van der Waals surface area (Å²) in [5.74, 6) is -4.02. The second-order valence-corrected chi connectivity index (χ2v) is 14.4. The molecule has 1 aliphatic heterocycles. The predicted molar refractivity (Wildman–Crippen MR) is 192 cm³/mol. The number of carbonyl (C=O) groups is 4. The third kappa shape index (κ3) is 4.76. The van der Waals surface area contributed by atoms with Crippen molar-refractivity contribution < 1.29 is 29.0 Å². The number of phenolic OH excluding ortho intramolecular Hbond substituents is 1. The van der Waals surface area contributed by atoms with Gasteiger partial charge in [-0.1, -0.05) is 94.3 Å². The number of benzene rings is 4. The second kappa shape index (κ2) is 12.4. The molecule has 1 heterocycles. The van der Waals surface area contributed by atoms with E-state index in [4.69, 9.17) is 4.74 Å². The maximum atomic E-state index is 15.2. The first-order chi connectivity index (χ1) is 24.2. The van der Waals surface area contributed by atoms with Crippen molar-refractivity contribution in [3.8, 4) is 11.5 Å². The molecule has 0 aromatic heterocycles. The number of hydrogen-bond acceptors (Lipinski definition) is 6. The first kappa shape index (κ1) is 32.1. The van der Waals surface area contributed by atoms with Gasteiger partial charge in [0.1, 0.15) is 0 Å². The molecule has 8 heteroatoms. The molecule has 7 nitrogen and oxygen atoms in total. The summed E-state index contributed by atoms with van der Waals surface area (Å²) in [5.41, 5.74) is 2.39. The van der Waals surface area contributed by atoms with E-state index in [2.05, 4.69) is 15.9 Å². The number of Topliss-reactive ketones (excluding diaryl/α,β-unsaturated/α-hetero) is 1. The monoisotopic (exact) mass is 727 g/mol. The third-order valence-corrected chi connectivity index (χ3v) is 11.6. The van der Waals surface area contributed by atoms with Gasteiger partial charge in [0.25, 0.3) is 0 Å². The Morgan fingerprint density at radius 2 is 1.56 bits per heavy atom. The minimum atomic E-state index is -1.36. The van der Waals surface area contributed by atoms with Crippen LogP contribution in [0.3, 0.4) is 0 Å². The van der Waals surface area contributed by atoms with Crippen molar-refractivity contribution in [3.05, 3.63) is 142 Å². The summed E-state index contributed by atoms with van der Waals surface area (Å²) in [5, 5.41) is 10.7. The molecule has 0 unspecified atom stereocenters. The highest BCUT2D eigenvalue weighted by Gasteiger charge is 2.66. The van der Waals surface area contributed by atoms with Crippen LogP contribution in [0.25, 0.3) is 5.57 Å². The van der Waals surface area contributed by atoms with Gasteiger partial charge in [-0.3, -0.25) is 24.1 Å². The van der Waals surface area contributed by atoms with E-state index >= 15 is 9.59 Å². The first-order valence-electron chi connectivity index (χ1n) is 17.0. The Hall–Kier alpha value is -5.08. The Kier molecular flexibility index (Phi) is 7.94. The lowest BCUT2D eigenvalue weighted by molar-refractivity contribution is -0.135. The summed E-state index contributed by atoms with van der Waals surface area (Å²) in [6.07, 6.45) is 4.08. The van der Waals surface area contributed by atoms with Gasteiger partial charge in [-0.2, -0.15) is 0 Å². The first-order valence-corrected chi connectivity index (χ1v) is 17.7. The van der Waals surface area contributed by atoms with Crippen LogP contribution in [-0.4, -0.2) is 35.1 Å². The van der Waals surface area contributed by atoms with Gasteiger partial charge < -0.3 is 9.84 Å². The van der Waals surface area contributed by atoms with E-state index in [0.717, 1.165) is 10.0 Å². The number of anilines is 1. The number of carbonyl (C=O) groups excluding carboxylic acids is 4. The van der Waals surface area contributed by atoms with Crippen LogP contribution in [0, 0.1) is 23.7 Å². The Labute approximate surface area is 298 Å². The van der Waals surface area contributed by atoms with E-state index in [1.54, 1.807) is 42.5 Å². The normalized spacial score (nSPS) is 27.2. The van der Waals surface area contributed by atoms with Crippen LogP contribution in [0.15, 0.2) is 125 Å². The van der Waals surface area contributed by atoms with Crippen LogP contribution in [0.4, 0.5) is 5.69 Å². The topological polar surface area (TPSA) is 101 Å². The highest BCUT2D eigenvalue weighted by molar-refractivity contribution is 9.10. The number of ketones is 2. The molecule has 1 saturated heterocycles. The largest absolute Gasteiger partial charge is 0.504 e. The number of imide groups is 1. The second-order valence-electron chi connectivity index (χ2n) is 13.4. The van der Waals surface area contributed by atoms with Crippen LogP contribution < -0.4 is 9.64 Å². The lowest BCUT2D eigenvalue weighted by Crippen LogP contribution is -2.58. The summed E-state index contributed by atoms with van der Waals surface area (Å²) >= 11 is 3.44. The zero-order valence-electron chi connectivity index (χ0n) is 27.3. The van der Waals surface area contributed by atoms with E-state index in [9.17, 15) is 14.7 Å². The fourth-order valence-electron chi connectivity index (χ4n) is 9.08. The lowest BCUT2D eigenvalue weighted by atomic mass is 9.44. The number of phenols is 1. The number of amides is 2. The maximum absolute atomic E-state index is 15.2. The number of halogens is 1. The molecule has 3 aliphatic carbocycles. The molecular formula is C42H34BrNO6. The van der Waals surface area contributed by atoms with E-state index in [1.807, 2.05) is 73.7 Å². The molecule has 2 amide bonds. The number of ether oxygens (including phenoxy) is 1. The molecule has 4 aliphatic rings. The number of fused-ring (bicyclic) bond motifs is 4. The van der Waals surface area contributed by atoms with E-state index in [0.29, 0.717) is 41.0 Å². The molecule has 6 atom stereocenters. The van der Waals surface area contributed by atoms with E-state index in [1.165, 1.54) is 11.0 Å². The van der Waals surface area contributed by atoms with Gasteiger partial charge in [-0.25, -0.2) is 0 Å². The van der Waals surface area contributed by atoms with E-state index < -0.39 is 35.0 Å². The molecule has 4 aromatic carbocycles. The number of hydrogen-bond donors (Lipinski definition) is 1. The van der Waals surface area contributed by atoms with Gasteiger partial charge in [0.05, 0.1) is 29.5 Å². The lowest BCUT2D eigenvalue weighted by Gasteiger charge is -2.55. The molecule has 8 rings (SSSR count). The van der Waals surface area contributed by atoms with Gasteiger partial charge >= 0.3 is 0 Å². The number of rotatable bonds is 6.